The second-order valence-corrected chi connectivity index (χ2v) is 5.75. The summed E-state index contributed by atoms with van der Waals surface area (Å²) in [6, 6.07) is 5.57. The molecule has 1 rings (SSSR count). The number of aromatic carboxylic acids is 1. The molecule has 0 aromatic heterocycles. The van der Waals surface area contributed by atoms with Gasteiger partial charge < -0.3 is 5.11 Å². The number of halogens is 1. The molecular weight excluding hydrogens is 371 g/mol. The summed E-state index contributed by atoms with van der Waals surface area (Å²) in [5.74, 6) is -1.21. The molecule has 0 bridgehead atoms. The predicted octanol–water partition coefficient (Wildman–Crippen LogP) is 1.10. The average molecular weight is 378 g/mol. The first-order valence-corrected chi connectivity index (χ1v) is 7.94. The third kappa shape index (κ3) is 7.73. The molecule has 0 fully saturated rings. The molecule has 0 amide bonds. The lowest BCUT2D eigenvalue weighted by Crippen LogP contribution is -1.98. The summed E-state index contributed by atoms with van der Waals surface area (Å²) in [4.78, 5) is 10.5. The van der Waals surface area contributed by atoms with Crippen molar-refractivity contribution in [3.05, 3.63) is 33.4 Å². The van der Waals surface area contributed by atoms with Gasteiger partial charge in [0.05, 0.1) is 9.13 Å². The first-order chi connectivity index (χ1) is 7.63. The van der Waals surface area contributed by atoms with Crippen LogP contribution in [0, 0.1) is 3.57 Å². The van der Waals surface area contributed by atoms with Gasteiger partial charge in [-0.05, 0) is 12.1 Å². The fourth-order valence-corrected chi connectivity index (χ4v) is 2.16. The summed E-state index contributed by atoms with van der Waals surface area (Å²) >= 11 is -3.67. The molecule has 1 aromatic carbocycles. The highest BCUT2D eigenvalue weighted by atomic mass is 127. The summed E-state index contributed by atoms with van der Waals surface area (Å²) in [6.45, 7) is 0. The Kier molecular flexibility index (Phi) is 6.15. The van der Waals surface area contributed by atoms with E-state index in [1.54, 1.807) is 0 Å². The summed E-state index contributed by atoms with van der Waals surface area (Å²) in [5, 5.41) is 8.56. The van der Waals surface area contributed by atoms with E-state index in [-0.39, 0.29) is 9.13 Å². The lowest BCUT2D eigenvalue weighted by molar-refractivity contribution is 0.0695. The van der Waals surface area contributed by atoms with E-state index in [4.69, 9.17) is 22.6 Å². The van der Waals surface area contributed by atoms with Gasteiger partial charge in [0, 0.05) is 0 Å². The molecule has 3 N–H and O–H groups in total. The van der Waals surface area contributed by atoms with E-state index in [0.717, 1.165) is 0 Å². The SMILES string of the molecule is O=C(O)c1ccccc1I(=O)=O.O=S(=O)(O)O. The smallest absolute Gasteiger partial charge is 0.394 e. The van der Waals surface area contributed by atoms with E-state index in [2.05, 4.69) is 0 Å². The normalized spacial score (nSPS) is 10.5. The molecular formula is C7H7IO8S. The first-order valence-electron chi connectivity index (χ1n) is 3.70. The fraction of sp³-hybridized carbons (Fsp3) is 0. The molecule has 17 heavy (non-hydrogen) atoms. The van der Waals surface area contributed by atoms with Gasteiger partial charge in [0.1, 0.15) is 0 Å². The molecule has 0 atom stereocenters. The van der Waals surface area contributed by atoms with Crippen LogP contribution in [0.25, 0.3) is 0 Å². The molecule has 0 heterocycles. The summed E-state index contributed by atoms with van der Waals surface area (Å²) in [5.41, 5.74) is -0.146. The van der Waals surface area contributed by atoms with Crippen molar-refractivity contribution in [3.63, 3.8) is 0 Å². The van der Waals surface area contributed by atoms with Gasteiger partial charge in [-0.2, -0.15) is 8.42 Å². The van der Waals surface area contributed by atoms with Crippen molar-refractivity contribution >= 4 is 36.2 Å². The van der Waals surface area contributed by atoms with Crippen LogP contribution in [0.1, 0.15) is 10.4 Å². The molecule has 0 radical (unpaired) electrons. The number of carboxylic acid groups (broad SMARTS) is 1. The average Bonchev–Trinajstić information content (AvgIpc) is 2.15. The Labute approximate surface area is 103 Å². The van der Waals surface area contributed by atoms with E-state index in [9.17, 15) is 10.9 Å². The zero-order valence-corrected chi connectivity index (χ0v) is 11.0. The third-order valence-corrected chi connectivity index (χ3v) is 3.16. The molecule has 0 unspecified atom stereocenters. The maximum absolute atomic E-state index is 10.6. The van der Waals surface area contributed by atoms with Gasteiger partial charge in [0.15, 0.2) is 0 Å². The van der Waals surface area contributed by atoms with Crippen LogP contribution < -0.4 is 0 Å². The molecule has 0 aliphatic heterocycles. The standard InChI is InChI=1S/C7H5IO4.H2O4S/c9-7(10)5-3-1-2-4-6(5)8(11)12;1-5(2,3)4/h1-4H,(H,9,10);(H2,1,2,3,4). The largest absolute Gasteiger partial charge is 0.478 e. The Hall–Kier alpha value is -1.11. The minimum absolute atomic E-state index is 0.0609. The zero-order valence-electron chi connectivity index (χ0n) is 7.98. The van der Waals surface area contributed by atoms with E-state index in [1.807, 2.05) is 0 Å². The van der Waals surface area contributed by atoms with Crippen molar-refractivity contribution in [2.45, 2.75) is 0 Å². The summed E-state index contributed by atoms with van der Waals surface area (Å²) in [7, 11) is -4.67. The van der Waals surface area contributed by atoms with Gasteiger partial charge in [-0.1, -0.05) is 12.1 Å². The van der Waals surface area contributed by atoms with Crippen LogP contribution in [0.2, 0.25) is 0 Å². The molecule has 10 heteroatoms. The molecule has 0 spiro atoms. The maximum Gasteiger partial charge on any atom is 0.394 e. The van der Waals surface area contributed by atoms with Gasteiger partial charge >= 0.3 is 36.2 Å². The molecule has 0 saturated carbocycles. The Morgan fingerprint density at radius 2 is 1.53 bits per heavy atom. The second-order valence-electron chi connectivity index (χ2n) is 2.45. The minimum atomic E-state index is -4.67. The summed E-state index contributed by atoms with van der Waals surface area (Å²) in [6.07, 6.45) is 0. The molecule has 0 aliphatic rings. The highest BCUT2D eigenvalue weighted by molar-refractivity contribution is 14.2. The predicted molar refractivity (Wildman–Crippen MR) is 61.7 cm³/mol. The molecule has 1 aromatic rings. The number of carboxylic acids is 1. The maximum atomic E-state index is 10.6. The Morgan fingerprint density at radius 3 is 1.82 bits per heavy atom. The van der Waals surface area contributed by atoms with Crippen molar-refractivity contribution in [1.29, 1.82) is 0 Å². The van der Waals surface area contributed by atoms with Crippen LogP contribution in [0.5, 0.6) is 0 Å². The quantitative estimate of drug-likeness (QED) is 0.512. The third-order valence-electron chi connectivity index (χ3n) is 1.27. The zero-order chi connectivity index (χ0) is 13.6. The summed E-state index contributed by atoms with van der Waals surface area (Å²) < 4.78 is 52.7. The Balaban J connectivity index is 0.000000437. The number of benzene rings is 1. The van der Waals surface area contributed by atoms with Crippen LogP contribution in [0.4, 0.5) is 0 Å². The van der Waals surface area contributed by atoms with E-state index in [1.165, 1.54) is 24.3 Å². The highest BCUT2D eigenvalue weighted by Gasteiger charge is 2.11. The number of hydrogen-bond donors (Lipinski definition) is 3. The number of carbonyl (C=O) groups is 1. The first kappa shape index (κ1) is 15.9. The van der Waals surface area contributed by atoms with Gasteiger partial charge in [-0.25, -0.2) is 10.9 Å². The van der Waals surface area contributed by atoms with Crippen LogP contribution in [0.15, 0.2) is 24.3 Å². The number of hydrogen-bond acceptors (Lipinski definition) is 5. The topological polar surface area (TPSA) is 146 Å². The second kappa shape index (κ2) is 6.58. The van der Waals surface area contributed by atoms with Crippen molar-refractivity contribution in [2.24, 2.45) is 0 Å². The Morgan fingerprint density at radius 1 is 1.12 bits per heavy atom. The lowest BCUT2D eigenvalue weighted by Gasteiger charge is -1.94. The van der Waals surface area contributed by atoms with Gasteiger partial charge in [0.2, 0.25) is 0 Å². The Bertz CT molecular complexity index is 557. The van der Waals surface area contributed by atoms with E-state index in [0.29, 0.717) is 0 Å². The van der Waals surface area contributed by atoms with Crippen molar-refractivity contribution in [3.8, 4) is 0 Å². The van der Waals surface area contributed by atoms with Crippen molar-refractivity contribution < 1.29 is 33.6 Å². The number of rotatable bonds is 2. The van der Waals surface area contributed by atoms with Crippen LogP contribution in [0.3, 0.4) is 0 Å². The fourth-order valence-electron chi connectivity index (χ4n) is 0.769. The van der Waals surface area contributed by atoms with Gasteiger partial charge in [-0.15, -0.1) is 0 Å². The highest BCUT2D eigenvalue weighted by Crippen LogP contribution is 2.20. The van der Waals surface area contributed by atoms with Gasteiger partial charge in [0.25, 0.3) is 0 Å². The van der Waals surface area contributed by atoms with Crippen LogP contribution in [-0.4, -0.2) is 28.6 Å². The van der Waals surface area contributed by atoms with Gasteiger partial charge in [-0.3, -0.25) is 9.11 Å². The minimum Gasteiger partial charge on any atom is -0.478 e. The van der Waals surface area contributed by atoms with E-state index >= 15 is 0 Å². The van der Waals surface area contributed by atoms with Crippen molar-refractivity contribution in [1.82, 2.24) is 0 Å². The molecule has 8 nitrogen and oxygen atoms in total. The monoisotopic (exact) mass is 378 g/mol. The molecule has 96 valence electrons. The molecule has 0 aliphatic carbocycles. The van der Waals surface area contributed by atoms with Crippen LogP contribution >= 0.6 is 19.8 Å². The van der Waals surface area contributed by atoms with Crippen LogP contribution in [-0.2, 0) is 16.5 Å². The molecule has 0 saturated heterocycles. The lowest BCUT2D eigenvalue weighted by atomic mass is 10.2. The van der Waals surface area contributed by atoms with Crippen molar-refractivity contribution in [2.75, 3.05) is 0 Å². The van der Waals surface area contributed by atoms with E-state index < -0.39 is 36.2 Å².